The van der Waals surface area contributed by atoms with Crippen molar-refractivity contribution in [2.45, 2.75) is 38.9 Å². The molecular formula is C11H18N4O. The van der Waals surface area contributed by atoms with Crippen molar-refractivity contribution in [1.82, 2.24) is 14.7 Å². The first-order valence-corrected chi connectivity index (χ1v) is 5.74. The number of amides is 1. The van der Waals surface area contributed by atoms with Crippen molar-refractivity contribution >= 4 is 5.91 Å². The second-order valence-electron chi connectivity index (χ2n) is 4.12. The van der Waals surface area contributed by atoms with E-state index in [1.165, 1.54) is 0 Å². The molecular weight excluding hydrogens is 204 g/mol. The summed E-state index contributed by atoms with van der Waals surface area (Å²) in [6.45, 7) is 5.55. The maximum absolute atomic E-state index is 11.7. The van der Waals surface area contributed by atoms with Gasteiger partial charge < -0.3 is 10.6 Å². The van der Waals surface area contributed by atoms with E-state index in [4.69, 9.17) is 5.73 Å². The third-order valence-electron chi connectivity index (χ3n) is 3.13. The van der Waals surface area contributed by atoms with Gasteiger partial charge in [0.05, 0.1) is 12.2 Å². The van der Waals surface area contributed by atoms with E-state index in [2.05, 4.69) is 5.10 Å². The number of hydrogen-bond acceptors (Lipinski definition) is 3. The van der Waals surface area contributed by atoms with Gasteiger partial charge in [0.2, 0.25) is 5.91 Å². The molecule has 5 heteroatoms. The third kappa shape index (κ3) is 1.71. The minimum absolute atomic E-state index is 0.00204. The average Bonchev–Trinajstić information content (AvgIpc) is 2.82. The van der Waals surface area contributed by atoms with Crippen LogP contribution in [0.3, 0.4) is 0 Å². The Balaban J connectivity index is 2.27. The number of hydrogen-bond donors (Lipinski definition) is 1. The molecule has 1 amide bonds. The highest BCUT2D eigenvalue weighted by molar-refractivity contribution is 5.80. The number of carbonyl (C=O) groups excluding carboxylic acids is 1. The number of carbonyl (C=O) groups is 1. The van der Waals surface area contributed by atoms with Crippen LogP contribution in [-0.2, 0) is 11.3 Å². The van der Waals surface area contributed by atoms with Gasteiger partial charge in [0, 0.05) is 37.3 Å². The molecule has 0 radical (unpaired) electrons. The van der Waals surface area contributed by atoms with E-state index >= 15 is 0 Å². The first-order chi connectivity index (χ1) is 7.67. The molecule has 2 N–H and O–H groups in total. The highest BCUT2D eigenvalue weighted by Gasteiger charge is 2.38. The lowest BCUT2D eigenvalue weighted by Crippen LogP contribution is -2.32. The van der Waals surface area contributed by atoms with Gasteiger partial charge in [0.1, 0.15) is 0 Å². The van der Waals surface area contributed by atoms with Crippen LogP contribution < -0.4 is 5.73 Å². The fraction of sp³-hybridized carbons (Fsp3) is 0.636. The molecule has 1 aromatic rings. The SMILES string of the molecule is CCN1C(=O)CC(N)C1c1cnn(CC)c1. The van der Waals surface area contributed by atoms with E-state index in [9.17, 15) is 4.79 Å². The topological polar surface area (TPSA) is 64.2 Å². The van der Waals surface area contributed by atoms with E-state index in [0.717, 1.165) is 12.1 Å². The molecule has 1 aliphatic rings. The summed E-state index contributed by atoms with van der Waals surface area (Å²) in [4.78, 5) is 13.5. The van der Waals surface area contributed by atoms with Gasteiger partial charge in [-0.3, -0.25) is 9.48 Å². The third-order valence-corrected chi connectivity index (χ3v) is 3.13. The van der Waals surface area contributed by atoms with Crippen LogP contribution in [-0.4, -0.2) is 33.2 Å². The van der Waals surface area contributed by atoms with E-state index in [-0.39, 0.29) is 18.0 Å². The van der Waals surface area contributed by atoms with Gasteiger partial charge in [-0.2, -0.15) is 5.10 Å². The molecule has 0 saturated carbocycles. The molecule has 5 nitrogen and oxygen atoms in total. The number of nitrogens with two attached hydrogens (primary N) is 1. The lowest BCUT2D eigenvalue weighted by Gasteiger charge is -2.24. The number of rotatable bonds is 3. The van der Waals surface area contributed by atoms with E-state index in [0.29, 0.717) is 13.0 Å². The zero-order valence-electron chi connectivity index (χ0n) is 9.76. The lowest BCUT2D eigenvalue weighted by atomic mass is 10.0. The predicted octanol–water partition coefficient (Wildman–Crippen LogP) is 0.524. The molecule has 2 heterocycles. The fourth-order valence-corrected chi connectivity index (χ4v) is 2.32. The molecule has 16 heavy (non-hydrogen) atoms. The molecule has 88 valence electrons. The van der Waals surface area contributed by atoms with E-state index < -0.39 is 0 Å². The molecule has 1 saturated heterocycles. The quantitative estimate of drug-likeness (QED) is 0.811. The molecule has 2 rings (SSSR count). The van der Waals surface area contributed by atoms with Crippen molar-refractivity contribution in [1.29, 1.82) is 0 Å². The highest BCUT2D eigenvalue weighted by atomic mass is 16.2. The summed E-state index contributed by atoms with van der Waals surface area (Å²) < 4.78 is 1.86. The molecule has 1 fully saturated rings. The van der Waals surface area contributed by atoms with Gasteiger partial charge in [-0.25, -0.2) is 0 Å². The molecule has 0 aromatic carbocycles. The van der Waals surface area contributed by atoms with Crippen LogP contribution in [0, 0.1) is 0 Å². The summed E-state index contributed by atoms with van der Waals surface area (Å²) in [5, 5.41) is 4.23. The molecule has 2 unspecified atom stereocenters. The van der Waals surface area contributed by atoms with E-state index in [1.807, 2.05) is 35.8 Å². The number of nitrogens with zero attached hydrogens (tertiary/aromatic N) is 3. The lowest BCUT2D eigenvalue weighted by molar-refractivity contribution is -0.128. The largest absolute Gasteiger partial charge is 0.334 e. The Morgan fingerprint density at radius 3 is 2.81 bits per heavy atom. The molecule has 1 aromatic heterocycles. The Morgan fingerprint density at radius 1 is 1.50 bits per heavy atom. The molecule has 0 bridgehead atoms. The predicted molar refractivity (Wildman–Crippen MR) is 60.6 cm³/mol. The minimum Gasteiger partial charge on any atom is -0.334 e. The Bertz CT molecular complexity index is 387. The summed E-state index contributed by atoms with van der Waals surface area (Å²) in [7, 11) is 0. The van der Waals surface area contributed by atoms with Crippen LogP contribution in [0.25, 0.3) is 0 Å². The Hall–Kier alpha value is -1.36. The summed E-state index contributed by atoms with van der Waals surface area (Å²) in [5.74, 6) is 0.143. The maximum Gasteiger partial charge on any atom is 0.224 e. The van der Waals surface area contributed by atoms with Crippen LogP contribution in [0.1, 0.15) is 31.9 Å². The molecule has 1 aliphatic heterocycles. The zero-order chi connectivity index (χ0) is 11.7. The Labute approximate surface area is 95.2 Å². The second-order valence-corrected chi connectivity index (χ2v) is 4.12. The van der Waals surface area contributed by atoms with Crippen LogP contribution >= 0.6 is 0 Å². The average molecular weight is 222 g/mol. The second kappa shape index (κ2) is 4.25. The van der Waals surface area contributed by atoms with Crippen LogP contribution in [0.4, 0.5) is 0 Å². The molecule has 0 aliphatic carbocycles. The van der Waals surface area contributed by atoms with Crippen LogP contribution in [0.15, 0.2) is 12.4 Å². The highest BCUT2D eigenvalue weighted by Crippen LogP contribution is 2.31. The van der Waals surface area contributed by atoms with Crippen molar-refractivity contribution in [2.24, 2.45) is 5.73 Å². The normalized spacial score (nSPS) is 25.4. The van der Waals surface area contributed by atoms with Crippen molar-refractivity contribution in [2.75, 3.05) is 6.54 Å². The molecule has 2 atom stereocenters. The van der Waals surface area contributed by atoms with Gasteiger partial charge in [-0.15, -0.1) is 0 Å². The summed E-state index contributed by atoms with van der Waals surface area (Å²) in [6, 6.07) is -0.111. The van der Waals surface area contributed by atoms with Crippen LogP contribution in [0.2, 0.25) is 0 Å². The van der Waals surface area contributed by atoms with Gasteiger partial charge >= 0.3 is 0 Å². The number of likely N-dealkylation sites (tertiary alicyclic amines) is 1. The van der Waals surface area contributed by atoms with Gasteiger partial charge in [0.25, 0.3) is 0 Å². The monoisotopic (exact) mass is 222 g/mol. The van der Waals surface area contributed by atoms with Crippen molar-refractivity contribution < 1.29 is 4.79 Å². The first-order valence-electron chi connectivity index (χ1n) is 5.74. The van der Waals surface area contributed by atoms with Gasteiger partial charge in [-0.05, 0) is 13.8 Å². The Kier molecular flexibility index (Phi) is 2.96. The summed E-state index contributed by atoms with van der Waals surface area (Å²) in [5.41, 5.74) is 7.06. The van der Waals surface area contributed by atoms with Crippen molar-refractivity contribution in [3.8, 4) is 0 Å². The maximum atomic E-state index is 11.7. The zero-order valence-corrected chi connectivity index (χ0v) is 9.76. The summed E-state index contributed by atoms with van der Waals surface area (Å²) in [6.07, 6.45) is 4.23. The molecule has 0 spiro atoms. The summed E-state index contributed by atoms with van der Waals surface area (Å²) >= 11 is 0. The number of likely N-dealkylation sites (N-methyl/N-ethyl adjacent to an activating group) is 1. The van der Waals surface area contributed by atoms with Gasteiger partial charge in [0.15, 0.2) is 0 Å². The Morgan fingerprint density at radius 2 is 2.25 bits per heavy atom. The first kappa shape index (κ1) is 11.1. The van der Waals surface area contributed by atoms with E-state index in [1.54, 1.807) is 0 Å². The number of aryl methyl sites for hydroxylation is 1. The fourth-order valence-electron chi connectivity index (χ4n) is 2.32. The van der Waals surface area contributed by atoms with Crippen molar-refractivity contribution in [3.05, 3.63) is 18.0 Å². The standard InChI is InChI=1S/C11H18N4O/c1-3-14-7-8(6-13-14)11-9(12)5-10(16)15(11)4-2/h6-7,9,11H,3-5,12H2,1-2H3. The number of aromatic nitrogens is 2. The van der Waals surface area contributed by atoms with Crippen LogP contribution in [0.5, 0.6) is 0 Å². The van der Waals surface area contributed by atoms with Gasteiger partial charge in [-0.1, -0.05) is 0 Å². The minimum atomic E-state index is -0.109. The smallest absolute Gasteiger partial charge is 0.224 e. The van der Waals surface area contributed by atoms with Crippen molar-refractivity contribution in [3.63, 3.8) is 0 Å².